The highest BCUT2D eigenvalue weighted by Crippen LogP contribution is 2.21. The highest BCUT2D eigenvalue weighted by Gasteiger charge is 2.11. The molecule has 130 valence electrons. The molecule has 0 saturated carbocycles. The van der Waals surface area contributed by atoms with Gasteiger partial charge < -0.3 is 15.2 Å². The molecule has 26 heavy (non-hydrogen) atoms. The van der Waals surface area contributed by atoms with Crippen LogP contribution in [0.15, 0.2) is 61.2 Å². The molecular formula is C18H16N6OS. The summed E-state index contributed by atoms with van der Waals surface area (Å²) in [6.07, 6.45) is 5.35. The molecule has 4 aromatic rings. The van der Waals surface area contributed by atoms with Gasteiger partial charge in [-0.25, -0.2) is 15.0 Å². The van der Waals surface area contributed by atoms with Crippen molar-refractivity contribution in [3.8, 4) is 5.82 Å². The van der Waals surface area contributed by atoms with E-state index in [-0.39, 0.29) is 5.91 Å². The summed E-state index contributed by atoms with van der Waals surface area (Å²) in [7, 11) is 0. The predicted molar refractivity (Wildman–Crippen MR) is 102 cm³/mol. The average Bonchev–Trinajstić information content (AvgIpc) is 3.35. The van der Waals surface area contributed by atoms with Gasteiger partial charge in [-0.15, -0.1) is 11.3 Å². The summed E-state index contributed by atoms with van der Waals surface area (Å²) in [6, 6.07) is 13.5. The second-order valence-electron chi connectivity index (χ2n) is 5.52. The lowest BCUT2D eigenvalue weighted by molar-refractivity contribution is 0.0955. The van der Waals surface area contributed by atoms with E-state index in [0.717, 1.165) is 16.0 Å². The van der Waals surface area contributed by atoms with Crippen molar-refractivity contribution < 1.29 is 4.79 Å². The van der Waals surface area contributed by atoms with E-state index < -0.39 is 0 Å². The van der Waals surface area contributed by atoms with Crippen molar-refractivity contribution in [2.45, 2.75) is 0 Å². The molecule has 0 unspecified atom stereocenters. The molecular weight excluding hydrogens is 348 g/mol. The lowest BCUT2D eigenvalue weighted by Crippen LogP contribution is -2.28. The van der Waals surface area contributed by atoms with Gasteiger partial charge in [0.25, 0.3) is 5.91 Å². The smallest absolute Gasteiger partial charge is 0.280 e. The van der Waals surface area contributed by atoms with Crippen LogP contribution in [0.2, 0.25) is 0 Å². The fourth-order valence-electron chi connectivity index (χ4n) is 2.48. The van der Waals surface area contributed by atoms with Crippen LogP contribution in [0.25, 0.3) is 16.0 Å². The summed E-state index contributed by atoms with van der Waals surface area (Å²) in [6.45, 7) is 1.02. The number of carbonyl (C=O) groups is 1. The van der Waals surface area contributed by atoms with E-state index in [1.54, 1.807) is 0 Å². The van der Waals surface area contributed by atoms with Crippen molar-refractivity contribution in [3.05, 3.63) is 66.2 Å². The number of hydrogen-bond donors (Lipinski definition) is 2. The third-order valence-electron chi connectivity index (χ3n) is 3.73. The molecule has 3 heterocycles. The van der Waals surface area contributed by atoms with Crippen molar-refractivity contribution in [1.82, 2.24) is 24.8 Å². The molecule has 0 spiro atoms. The first-order valence-corrected chi connectivity index (χ1v) is 8.94. The molecule has 2 N–H and O–H groups in total. The normalized spacial score (nSPS) is 10.8. The zero-order chi connectivity index (χ0) is 17.8. The van der Waals surface area contributed by atoms with Crippen LogP contribution in [0, 0.1) is 0 Å². The Kier molecular flexibility index (Phi) is 4.57. The number of hydrogen-bond acceptors (Lipinski definition) is 6. The molecule has 7 nitrogen and oxygen atoms in total. The van der Waals surface area contributed by atoms with E-state index in [9.17, 15) is 4.79 Å². The quantitative estimate of drug-likeness (QED) is 0.514. The molecule has 1 aromatic carbocycles. The van der Waals surface area contributed by atoms with Crippen molar-refractivity contribution in [1.29, 1.82) is 0 Å². The Hall–Kier alpha value is -3.26. The van der Waals surface area contributed by atoms with Crippen LogP contribution >= 0.6 is 11.3 Å². The Labute approximate surface area is 153 Å². The van der Waals surface area contributed by atoms with Gasteiger partial charge in [0.2, 0.25) is 0 Å². The van der Waals surface area contributed by atoms with Crippen LogP contribution in [0.5, 0.6) is 0 Å². The van der Waals surface area contributed by atoms with Gasteiger partial charge in [-0.2, -0.15) is 0 Å². The minimum absolute atomic E-state index is 0.163. The van der Waals surface area contributed by atoms with Crippen LogP contribution in [0.3, 0.4) is 0 Å². The van der Waals surface area contributed by atoms with Gasteiger partial charge in [0.05, 0.1) is 10.2 Å². The number of rotatable bonds is 6. The zero-order valence-corrected chi connectivity index (χ0v) is 14.6. The van der Waals surface area contributed by atoms with E-state index in [2.05, 4.69) is 25.6 Å². The number of aromatic nitrogens is 4. The Bertz CT molecular complexity index is 994. The molecule has 0 saturated heterocycles. The summed E-state index contributed by atoms with van der Waals surface area (Å²) in [4.78, 5) is 25.0. The molecule has 0 aliphatic carbocycles. The average molecular weight is 364 g/mol. The lowest BCUT2D eigenvalue weighted by Gasteiger charge is -2.08. The van der Waals surface area contributed by atoms with Gasteiger partial charge in [-0.3, -0.25) is 4.79 Å². The number of anilines is 1. The summed E-state index contributed by atoms with van der Waals surface area (Å²) in [5, 5.41) is 6.53. The summed E-state index contributed by atoms with van der Waals surface area (Å²) in [5.41, 5.74) is 0.847. The topological polar surface area (TPSA) is 84.7 Å². The fourth-order valence-corrected chi connectivity index (χ4v) is 3.37. The Balaban J connectivity index is 1.31. The minimum atomic E-state index is -0.163. The Morgan fingerprint density at radius 1 is 1.08 bits per heavy atom. The van der Waals surface area contributed by atoms with E-state index in [1.165, 1.54) is 17.7 Å². The maximum Gasteiger partial charge on any atom is 0.280 e. The van der Waals surface area contributed by atoms with E-state index in [1.807, 2.05) is 59.4 Å². The van der Waals surface area contributed by atoms with Gasteiger partial charge in [0.1, 0.15) is 18.0 Å². The second-order valence-corrected chi connectivity index (χ2v) is 6.55. The monoisotopic (exact) mass is 364 g/mol. The van der Waals surface area contributed by atoms with Crippen molar-refractivity contribution >= 4 is 33.3 Å². The third kappa shape index (κ3) is 3.55. The van der Waals surface area contributed by atoms with Gasteiger partial charge >= 0.3 is 0 Å². The van der Waals surface area contributed by atoms with Gasteiger partial charge in [0, 0.05) is 31.5 Å². The Morgan fingerprint density at radius 3 is 2.77 bits per heavy atom. The maximum atomic E-state index is 12.2. The largest absolute Gasteiger partial charge is 0.368 e. The van der Waals surface area contributed by atoms with Crippen LogP contribution in [-0.2, 0) is 0 Å². The van der Waals surface area contributed by atoms with Crippen LogP contribution in [0.1, 0.15) is 9.80 Å². The van der Waals surface area contributed by atoms with Crippen molar-refractivity contribution in [2.75, 3.05) is 18.4 Å². The number of thiazole rings is 1. The number of carbonyl (C=O) groups excluding carboxylic acids is 1. The number of benzene rings is 1. The molecule has 0 atom stereocenters. The molecule has 0 bridgehead atoms. The molecule has 0 aliphatic rings. The van der Waals surface area contributed by atoms with E-state index in [0.29, 0.717) is 23.9 Å². The van der Waals surface area contributed by atoms with E-state index in [4.69, 9.17) is 0 Å². The van der Waals surface area contributed by atoms with Gasteiger partial charge in [0.15, 0.2) is 5.01 Å². The second kappa shape index (κ2) is 7.32. The molecule has 1 amide bonds. The maximum absolute atomic E-state index is 12.2. The SMILES string of the molecule is O=C(NCCNc1cc(-n2cccc2)ncn1)c1nc2ccccc2s1. The predicted octanol–water partition coefficient (Wildman–Crippen LogP) is 2.72. The highest BCUT2D eigenvalue weighted by atomic mass is 32.1. The highest BCUT2D eigenvalue weighted by molar-refractivity contribution is 7.20. The standard InChI is InChI=1S/C18H16N6OS/c25-17(18-23-13-5-1-2-6-14(13)26-18)20-8-7-19-15-11-16(22-12-21-15)24-9-3-4-10-24/h1-6,9-12H,7-8H2,(H,20,25)(H,19,21,22). The number of fused-ring (bicyclic) bond motifs is 1. The molecule has 0 fully saturated rings. The number of nitrogens with one attached hydrogen (secondary N) is 2. The summed E-state index contributed by atoms with van der Waals surface area (Å²) < 4.78 is 2.91. The van der Waals surface area contributed by atoms with Crippen LogP contribution in [0.4, 0.5) is 5.82 Å². The summed E-state index contributed by atoms with van der Waals surface area (Å²) >= 11 is 1.39. The first-order valence-electron chi connectivity index (χ1n) is 8.13. The number of nitrogens with zero attached hydrogens (tertiary/aromatic N) is 4. The molecule has 4 rings (SSSR count). The first-order chi connectivity index (χ1) is 12.8. The first kappa shape index (κ1) is 16.2. The third-order valence-corrected chi connectivity index (χ3v) is 4.76. The Morgan fingerprint density at radius 2 is 1.92 bits per heavy atom. The lowest BCUT2D eigenvalue weighted by atomic mass is 10.3. The van der Waals surface area contributed by atoms with Gasteiger partial charge in [-0.1, -0.05) is 12.1 Å². The zero-order valence-electron chi connectivity index (χ0n) is 13.8. The van der Waals surface area contributed by atoms with Crippen molar-refractivity contribution in [2.24, 2.45) is 0 Å². The molecule has 3 aromatic heterocycles. The number of para-hydroxylation sites is 1. The van der Waals surface area contributed by atoms with Crippen LogP contribution in [-0.4, -0.2) is 38.5 Å². The van der Waals surface area contributed by atoms with Crippen LogP contribution < -0.4 is 10.6 Å². The van der Waals surface area contributed by atoms with Gasteiger partial charge in [-0.05, 0) is 24.3 Å². The molecule has 8 heteroatoms. The minimum Gasteiger partial charge on any atom is -0.368 e. The van der Waals surface area contributed by atoms with E-state index >= 15 is 0 Å². The summed E-state index contributed by atoms with van der Waals surface area (Å²) in [5.74, 6) is 1.33. The fraction of sp³-hybridized carbons (Fsp3) is 0.111. The number of amides is 1. The molecule has 0 aliphatic heterocycles. The molecule has 0 radical (unpaired) electrons. The van der Waals surface area contributed by atoms with Crippen molar-refractivity contribution in [3.63, 3.8) is 0 Å².